The van der Waals surface area contributed by atoms with Crippen LogP contribution in [0.25, 0.3) is 0 Å². The number of hydrogen-bond donors (Lipinski definition) is 2. The molecule has 3 rings (SSSR count). The van der Waals surface area contributed by atoms with Gasteiger partial charge in [0.15, 0.2) is 17.3 Å². The minimum atomic E-state index is 0.00542. The lowest BCUT2D eigenvalue weighted by molar-refractivity contribution is 0.290. The highest BCUT2D eigenvalue weighted by Crippen LogP contribution is 2.28. The highest BCUT2D eigenvalue weighted by atomic mass is 32.1. The third-order valence-corrected chi connectivity index (χ3v) is 3.66. The molecule has 1 aromatic heterocycles. The molecule has 2 N–H and O–H groups in total. The number of phenolic OH excluding ortho intramolecular Hbond substituents is 1. The Morgan fingerprint density at radius 1 is 1.24 bits per heavy atom. The lowest BCUT2D eigenvalue weighted by atomic mass is 10.2. The number of methoxy groups -OCH3 is 1. The first-order valence-electron chi connectivity index (χ1n) is 7.43. The summed E-state index contributed by atoms with van der Waals surface area (Å²) >= 11 is 5.19. The zero-order valence-electron chi connectivity index (χ0n) is 13.4. The van der Waals surface area contributed by atoms with E-state index in [0.29, 0.717) is 21.9 Å². The Morgan fingerprint density at radius 2 is 2.04 bits per heavy atom. The van der Waals surface area contributed by atoms with Gasteiger partial charge in [0.25, 0.3) is 0 Å². The summed E-state index contributed by atoms with van der Waals surface area (Å²) in [5.41, 5.74) is 0.498. The first kappa shape index (κ1) is 16.7. The van der Waals surface area contributed by atoms with Gasteiger partial charge in [-0.15, -0.1) is 0 Å². The van der Waals surface area contributed by atoms with Gasteiger partial charge in [0.05, 0.1) is 13.3 Å². The van der Waals surface area contributed by atoms with Gasteiger partial charge in [-0.3, -0.25) is 0 Å². The normalized spacial score (nSPS) is 10.9. The number of para-hydroxylation sites is 2. The molecule has 2 aromatic carbocycles. The monoisotopic (exact) mass is 356 g/mol. The number of aromatic hydroxyl groups is 1. The topological polar surface area (TPSA) is 84.7 Å². The van der Waals surface area contributed by atoms with Crippen molar-refractivity contribution in [3.05, 3.63) is 64.7 Å². The Kier molecular flexibility index (Phi) is 5.10. The molecule has 25 heavy (non-hydrogen) atoms. The van der Waals surface area contributed by atoms with Gasteiger partial charge in [0.2, 0.25) is 4.77 Å². The number of hydrogen-bond acceptors (Lipinski definition) is 6. The molecule has 3 aromatic rings. The maximum atomic E-state index is 10.1. The van der Waals surface area contributed by atoms with Crippen LogP contribution in [-0.4, -0.2) is 33.3 Å². The predicted octanol–water partition coefficient (Wildman–Crippen LogP) is 3.12. The van der Waals surface area contributed by atoms with Crippen molar-refractivity contribution in [2.24, 2.45) is 5.10 Å². The van der Waals surface area contributed by atoms with E-state index in [1.54, 1.807) is 18.2 Å². The number of ether oxygens (including phenoxy) is 2. The van der Waals surface area contributed by atoms with Gasteiger partial charge in [-0.25, -0.2) is 5.10 Å². The number of benzene rings is 2. The molecule has 0 aliphatic heterocycles. The van der Waals surface area contributed by atoms with E-state index >= 15 is 0 Å². The van der Waals surface area contributed by atoms with Crippen molar-refractivity contribution in [3.63, 3.8) is 0 Å². The largest absolute Gasteiger partial charge is 0.504 e. The average Bonchev–Trinajstić information content (AvgIpc) is 3.00. The SMILES string of the molecule is COc1cccc(C=Nn2c(COc3ccccc3)n[nH]c2=S)c1O. The van der Waals surface area contributed by atoms with E-state index < -0.39 is 0 Å². The summed E-state index contributed by atoms with van der Waals surface area (Å²) in [4.78, 5) is 0. The zero-order valence-corrected chi connectivity index (χ0v) is 14.2. The maximum absolute atomic E-state index is 10.1. The molecule has 7 nitrogen and oxygen atoms in total. The lowest BCUT2D eigenvalue weighted by Crippen LogP contribution is -2.04. The standard InChI is InChI=1S/C17H16N4O3S/c1-23-14-9-5-6-12(16(14)22)10-18-21-15(19-20-17(21)25)11-24-13-7-3-2-4-8-13/h2-10,22H,11H2,1H3,(H,20,25). The number of rotatable bonds is 6. The predicted molar refractivity (Wildman–Crippen MR) is 95.8 cm³/mol. The van der Waals surface area contributed by atoms with Crippen molar-refractivity contribution in [1.29, 1.82) is 0 Å². The second-order valence-corrected chi connectivity index (χ2v) is 5.39. The van der Waals surface area contributed by atoms with E-state index in [2.05, 4.69) is 15.3 Å². The van der Waals surface area contributed by atoms with Crippen LogP contribution in [0.4, 0.5) is 0 Å². The van der Waals surface area contributed by atoms with E-state index in [0.717, 1.165) is 5.75 Å². The second-order valence-electron chi connectivity index (χ2n) is 5.00. The number of nitrogens with zero attached hydrogens (tertiary/aromatic N) is 3. The average molecular weight is 356 g/mol. The molecule has 0 spiro atoms. The van der Waals surface area contributed by atoms with Gasteiger partial charge in [-0.05, 0) is 36.5 Å². The van der Waals surface area contributed by atoms with Crippen molar-refractivity contribution in [1.82, 2.24) is 14.9 Å². The van der Waals surface area contributed by atoms with Crippen molar-refractivity contribution < 1.29 is 14.6 Å². The lowest BCUT2D eigenvalue weighted by Gasteiger charge is -2.06. The molecular formula is C17H16N4O3S. The number of phenols is 1. The Labute approximate surface area is 149 Å². The Balaban J connectivity index is 1.81. The fourth-order valence-corrected chi connectivity index (χ4v) is 2.33. The van der Waals surface area contributed by atoms with Gasteiger partial charge in [-0.2, -0.15) is 14.9 Å². The summed E-state index contributed by atoms with van der Waals surface area (Å²) in [5.74, 6) is 1.60. The summed E-state index contributed by atoms with van der Waals surface area (Å²) in [6.07, 6.45) is 1.48. The molecular weight excluding hydrogens is 340 g/mol. The van der Waals surface area contributed by atoms with E-state index in [1.165, 1.54) is 18.0 Å². The molecule has 0 saturated carbocycles. The van der Waals surface area contributed by atoms with E-state index in [1.807, 2.05) is 30.3 Å². The molecule has 0 bridgehead atoms. The van der Waals surface area contributed by atoms with Crippen LogP contribution in [0, 0.1) is 4.77 Å². The molecule has 128 valence electrons. The Hall–Kier alpha value is -3.13. The highest BCUT2D eigenvalue weighted by molar-refractivity contribution is 7.71. The molecule has 0 saturated heterocycles. The molecule has 0 aliphatic carbocycles. The first-order chi connectivity index (χ1) is 12.2. The van der Waals surface area contributed by atoms with Crippen molar-refractivity contribution >= 4 is 18.4 Å². The fourth-order valence-electron chi connectivity index (χ4n) is 2.13. The van der Waals surface area contributed by atoms with Crippen LogP contribution in [0.2, 0.25) is 0 Å². The summed E-state index contributed by atoms with van der Waals surface area (Å²) in [6.45, 7) is 0.193. The zero-order chi connectivity index (χ0) is 17.6. The number of H-pyrrole nitrogens is 1. The molecule has 1 heterocycles. The van der Waals surface area contributed by atoms with Crippen LogP contribution in [0.15, 0.2) is 53.6 Å². The molecule has 0 fully saturated rings. The molecule has 0 atom stereocenters. The molecule has 8 heteroatoms. The highest BCUT2D eigenvalue weighted by Gasteiger charge is 2.08. The molecule has 0 unspecified atom stereocenters. The maximum Gasteiger partial charge on any atom is 0.216 e. The van der Waals surface area contributed by atoms with Crippen LogP contribution in [-0.2, 0) is 6.61 Å². The number of aromatic amines is 1. The van der Waals surface area contributed by atoms with Gasteiger partial charge >= 0.3 is 0 Å². The van der Waals surface area contributed by atoms with Crippen LogP contribution in [0.1, 0.15) is 11.4 Å². The summed E-state index contributed by atoms with van der Waals surface area (Å²) in [6, 6.07) is 14.5. The Bertz CT molecular complexity index is 935. The summed E-state index contributed by atoms with van der Waals surface area (Å²) < 4.78 is 12.5. The van der Waals surface area contributed by atoms with Crippen molar-refractivity contribution in [3.8, 4) is 17.2 Å². The van der Waals surface area contributed by atoms with E-state index in [9.17, 15) is 5.11 Å². The smallest absolute Gasteiger partial charge is 0.216 e. The first-order valence-corrected chi connectivity index (χ1v) is 7.84. The van der Waals surface area contributed by atoms with Crippen LogP contribution in [0.3, 0.4) is 0 Å². The summed E-state index contributed by atoms with van der Waals surface area (Å²) in [7, 11) is 1.49. The number of nitrogens with one attached hydrogen (secondary N) is 1. The quantitative estimate of drug-likeness (QED) is 0.524. The second kappa shape index (κ2) is 7.63. The minimum Gasteiger partial charge on any atom is -0.504 e. The van der Waals surface area contributed by atoms with Gasteiger partial charge in [0.1, 0.15) is 12.4 Å². The molecule has 0 radical (unpaired) electrons. The molecule has 0 amide bonds. The third kappa shape index (κ3) is 3.86. The van der Waals surface area contributed by atoms with Gasteiger partial charge < -0.3 is 14.6 Å². The third-order valence-electron chi connectivity index (χ3n) is 3.39. The molecule has 0 aliphatic rings. The van der Waals surface area contributed by atoms with Crippen molar-refractivity contribution in [2.45, 2.75) is 6.61 Å². The number of aromatic nitrogens is 3. The van der Waals surface area contributed by atoms with Gasteiger partial charge in [0, 0.05) is 5.56 Å². The van der Waals surface area contributed by atoms with E-state index in [4.69, 9.17) is 21.7 Å². The van der Waals surface area contributed by atoms with Gasteiger partial charge in [-0.1, -0.05) is 24.3 Å². The van der Waals surface area contributed by atoms with E-state index in [-0.39, 0.29) is 12.4 Å². The van der Waals surface area contributed by atoms with Crippen molar-refractivity contribution in [2.75, 3.05) is 7.11 Å². The Morgan fingerprint density at radius 3 is 2.80 bits per heavy atom. The summed E-state index contributed by atoms with van der Waals surface area (Å²) in [5, 5.41) is 21.2. The van der Waals surface area contributed by atoms with Crippen LogP contribution >= 0.6 is 12.2 Å². The fraction of sp³-hybridized carbons (Fsp3) is 0.118. The van der Waals surface area contributed by atoms with Crippen LogP contribution in [0.5, 0.6) is 17.2 Å². The van der Waals surface area contributed by atoms with Crippen LogP contribution < -0.4 is 9.47 Å². The minimum absolute atomic E-state index is 0.00542.